The molecule has 4 rings (SSSR count). The van der Waals surface area contributed by atoms with Gasteiger partial charge in [-0.1, -0.05) is 19.3 Å². The largest absolute Gasteiger partial charge is 0.495 e. The van der Waals surface area contributed by atoms with Gasteiger partial charge in [0, 0.05) is 19.1 Å². The molecule has 3 fully saturated rings. The molecule has 1 saturated heterocycles. The zero-order valence-corrected chi connectivity index (χ0v) is 21.5. The first-order valence-electron chi connectivity index (χ1n) is 12.8. The molecule has 35 heavy (non-hydrogen) atoms. The van der Waals surface area contributed by atoms with Crippen LogP contribution in [0, 0.1) is 17.8 Å². The van der Waals surface area contributed by atoms with Crippen molar-refractivity contribution >= 4 is 27.6 Å². The predicted octanol–water partition coefficient (Wildman–Crippen LogP) is 3.32. The lowest BCUT2D eigenvalue weighted by atomic mass is 9.84. The monoisotopic (exact) mass is 506 g/mol. The Balaban J connectivity index is 1.33. The van der Waals surface area contributed by atoms with Crippen molar-refractivity contribution in [3.8, 4) is 5.75 Å². The van der Waals surface area contributed by atoms with Gasteiger partial charge in [0.15, 0.2) is 0 Å². The first-order valence-corrected chi connectivity index (χ1v) is 14.2. The minimum Gasteiger partial charge on any atom is -0.495 e. The molecule has 2 aliphatic carbocycles. The molecule has 2 bridgehead atoms. The third-order valence-electron chi connectivity index (χ3n) is 7.85. The molecule has 9 nitrogen and oxygen atoms in total. The summed E-state index contributed by atoms with van der Waals surface area (Å²) >= 11 is 0. The van der Waals surface area contributed by atoms with Crippen LogP contribution >= 0.6 is 0 Å². The number of benzene rings is 1. The van der Waals surface area contributed by atoms with Gasteiger partial charge in [0.2, 0.25) is 15.9 Å². The van der Waals surface area contributed by atoms with Crippen molar-refractivity contribution in [2.45, 2.75) is 69.2 Å². The fourth-order valence-electron chi connectivity index (χ4n) is 6.00. The second-order valence-electron chi connectivity index (χ2n) is 10.2. The van der Waals surface area contributed by atoms with E-state index in [0.717, 1.165) is 31.6 Å². The Kier molecular flexibility index (Phi) is 8.21. The fraction of sp³-hybridized carbons (Fsp3) is 0.680. The Bertz CT molecular complexity index is 1020. The van der Waals surface area contributed by atoms with E-state index in [4.69, 9.17) is 4.74 Å². The van der Waals surface area contributed by atoms with E-state index in [-0.39, 0.29) is 29.2 Å². The summed E-state index contributed by atoms with van der Waals surface area (Å²) in [5.41, 5.74) is 0.256. The molecular formula is C25H38N4O5S. The molecule has 0 spiro atoms. The molecule has 10 heteroatoms. The number of fused-ring (bicyclic) bond motifs is 2. The molecule has 3 amide bonds. The van der Waals surface area contributed by atoms with Gasteiger partial charge < -0.3 is 20.7 Å². The zero-order chi connectivity index (χ0) is 25.0. The van der Waals surface area contributed by atoms with Crippen LogP contribution in [0.25, 0.3) is 0 Å². The fourth-order valence-corrected chi connectivity index (χ4v) is 7.55. The molecule has 2 saturated carbocycles. The van der Waals surface area contributed by atoms with Crippen molar-refractivity contribution in [1.29, 1.82) is 0 Å². The number of methoxy groups -OCH3 is 1. The van der Waals surface area contributed by atoms with Gasteiger partial charge in [-0.15, -0.1) is 0 Å². The number of carbonyl (C=O) groups is 2. The van der Waals surface area contributed by atoms with Crippen LogP contribution in [0.15, 0.2) is 23.1 Å². The smallest absolute Gasteiger partial charge is 0.315 e. The minimum atomic E-state index is -3.67. The quantitative estimate of drug-likeness (QED) is 0.500. The van der Waals surface area contributed by atoms with E-state index in [0.29, 0.717) is 30.7 Å². The molecule has 0 aromatic heterocycles. The summed E-state index contributed by atoms with van der Waals surface area (Å²) in [4.78, 5) is 25.1. The predicted molar refractivity (Wildman–Crippen MR) is 134 cm³/mol. The topological polar surface area (TPSA) is 117 Å². The molecular weight excluding hydrogens is 468 g/mol. The van der Waals surface area contributed by atoms with Crippen molar-refractivity contribution in [2.24, 2.45) is 17.8 Å². The average Bonchev–Trinajstić information content (AvgIpc) is 3.37. The summed E-state index contributed by atoms with van der Waals surface area (Å²) in [6, 6.07) is 4.15. The van der Waals surface area contributed by atoms with E-state index >= 15 is 0 Å². The summed E-state index contributed by atoms with van der Waals surface area (Å²) < 4.78 is 33.1. The third-order valence-corrected chi connectivity index (χ3v) is 9.75. The van der Waals surface area contributed by atoms with Crippen LogP contribution in [0.1, 0.15) is 58.3 Å². The van der Waals surface area contributed by atoms with E-state index < -0.39 is 15.9 Å². The number of anilines is 1. The molecule has 1 aliphatic heterocycles. The van der Waals surface area contributed by atoms with Crippen LogP contribution in [0.5, 0.6) is 5.75 Å². The van der Waals surface area contributed by atoms with Crippen molar-refractivity contribution < 1.29 is 22.7 Å². The Morgan fingerprint density at radius 3 is 2.49 bits per heavy atom. The number of amides is 3. The maximum Gasteiger partial charge on any atom is 0.315 e. The number of hydrogen-bond donors (Lipinski definition) is 3. The van der Waals surface area contributed by atoms with Crippen LogP contribution < -0.4 is 20.7 Å². The van der Waals surface area contributed by atoms with Gasteiger partial charge in [-0.05, 0) is 75.0 Å². The number of nitrogens with zero attached hydrogens (tertiary/aromatic N) is 1. The highest BCUT2D eigenvalue weighted by Crippen LogP contribution is 2.49. The number of ether oxygens (including phenoxy) is 1. The molecule has 0 radical (unpaired) electrons. The number of sulfonamides is 1. The lowest BCUT2D eigenvalue weighted by Gasteiger charge is -2.28. The van der Waals surface area contributed by atoms with Crippen LogP contribution in [-0.4, -0.2) is 57.4 Å². The first kappa shape index (κ1) is 25.8. The van der Waals surface area contributed by atoms with E-state index in [1.807, 2.05) is 6.92 Å². The van der Waals surface area contributed by atoms with Gasteiger partial charge in [0.1, 0.15) is 5.75 Å². The standard InChI is InChI=1S/C25H38N4O5S/c1-17(21-14-18-7-8-19(21)13-18)27-25(31)26-16-24(30)28-22-15-20(9-10-23(22)34-2)35(32,33)29-11-5-3-4-6-12-29/h9-10,15,17-19,21H,3-8,11-14,16H2,1-2H3,(H,28,30)(H2,26,27,31)/t17-,18-,19-,21-/m0/s1. The molecule has 4 atom stereocenters. The van der Waals surface area contributed by atoms with Crippen LogP contribution in [0.3, 0.4) is 0 Å². The molecule has 3 N–H and O–H groups in total. The van der Waals surface area contributed by atoms with Crippen molar-refractivity contribution in [3.05, 3.63) is 18.2 Å². The van der Waals surface area contributed by atoms with Gasteiger partial charge in [0.25, 0.3) is 0 Å². The summed E-state index contributed by atoms with van der Waals surface area (Å²) in [7, 11) is -2.22. The highest BCUT2D eigenvalue weighted by molar-refractivity contribution is 7.89. The summed E-state index contributed by atoms with van der Waals surface area (Å²) in [6.45, 7) is 2.79. The van der Waals surface area contributed by atoms with Crippen molar-refractivity contribution in [2.75, 3.05) is 32.1 Å². The Morgan fingerprint density at radius 1 is 1.11 bits per heavy atom. The van der Waals surface area contributed by atoms with E-state index in [1.54, 1.807) is 0 Å². The number of hydrogen-bond acceptors (Lipinski definition) is 5. The number of urea groups is 1. The number of rotatable bonds is 8. The highest BCUT2D eigenvalue weighted by atomic mass is 32.2. The summed E-state index contributed by atoms with van der Waals surface area (Å²) in [5.74, 6) is 1.89. The Morgan fingerprint density at radius 2 is 1.86 bits per heavy atom. The average molecular weight is 507 g/mol. The molecule has 194 valence electrons. The van der Waals surface area contributed by atoms with Crippen molar-refractivity contribution in [1.82, 2.24) is 14.9 Å². The Hall–Kier alpha value is -2.33. The van der Waals surface area contributed by atoms with Crippen molar-refractivity contribution in [3.63, 3.8) is 0 Å². The third kappa shape index (κ3) is 6.09. The first-order chi connectivity index (χ1) is 16.8. The van der Waals surface area contributed by atoms with Gasteiger partial charge in [0.05, 0.1) is 24.2 Å². The highest BCUT2D eigenvalue weighted by Gasteiger charge is 2.42. The van der Waals surface area contributed by atoms with Crippen LogP contribution in [0.2, 0.25) is 0 Å². The second-order valence-corrected chi connectivity index (χ2v) is 12.1. The van der Waals surface area contributed by atoms with E-state index in [1.165, 1.54) is 55.3 Å². The SMILES string of the molecule is COc1ccc(S(=O)(=O)N2CCCCCC2)cc1NC(=O)CNC(=O)N[C@@H](C)[C@@H]1C[C@H]2CC[C@H]1C2. The normalized spacial score (nSPS) is 25.5. The maximum atomic E-state index is 13.2. The maximum absolute atomic E-state index is 13.2. The molecule has 3 aliphatic rings. The second kappa shape index (κ2) is 11.2. The molecule has 0 unspecified atom stereocenters. The Labute approximate surface area is 208 Å². The molecule has 1 heterocycles. The van der Waals surface area contributed by atoms with Gasteiger partial charge in [-0.2, -0.15) is 4.31 Å². The van der Waals surface area contributed by atoms with Crippen LogP contribution in [0.4, 0.5) is 10.5 Å². The lowest BCUT2D eigenvalue weighted by Crippen LogP contribution is -2.47. The minimum absolute atomic E-state index is 0.0642. The van der Waals surface area contributed by atoms with E-state index in [9.17, 15) is 18.0 Å². The number of nitrogens with one attached hydrogen (secondary N) is 3. The zero-order valence-electron chi connectivity index (χ0n) is 20.7. The van der Waals surface area contributed by atoms with Crippen LogP contribution in [-0.2, 0) is 14.8 Å². The van der Waals surface area contributed by atoms with Gasteiger partial charge in [-0.3, -0.25) is 4.79 Å². The molecule has 1 aromatic carbocycles. The van der Waals surface area contributed by atoms with Gasteiger partial charge in [-0.25, -0.2) is 13.2 Å². The summed E-state index contributed by atoms with van der Waals surface area (Å²) in [5, 5.41) is 8.28. The number of carbonyl (C=O) groups excluding carboxylic acids is 2. The molecule has 1 aromatic rings. The van der Waals surface area contributed by atoms with Gasteiger partial charge >= 0.3 is 6.03 Å². The lowest BCUT2D eigenvalue weighted by molar-refractivity contribution is -0.115. The van der Waals surface area contributed by atoms with E-state index in [2.05, 4.69) is 16.0 Å². The summed E-state index contributed by atoms with van der Waals surface area (Å²) in [6.07, 6.45) is 8.73.